The van der Waals surface area contributed by atoms with Crippen LogP contribution in [0.2, 0.25) is 0 Å². The fourth-order valence-electron chi connectivity index (χ4n) is 4.87. The van der Waals surface area contributed by atoms with Gasteiger partial charge in [-0.1, -0.05) is 91.9 Å². The zero-order valence-corrected chi connectivity index (χ0v) is 21.2. The molecule has 0 aliphatic rings. The molecule has 172 valence electrons. The van der Waals surface area contributed by atoms with Crippen LogP contribution >= 0.6 is 23.4 Å². The van der Waals surface area contributed by atoms with Crippen molar-refractivity contribution in [1.82, 2.24) is 4.90 Å². The first-order valence-electron chi connectivity index (χ1n) is 12.1. The molecule has 1 nitrogen and oxygen atoms in total. The van der Waals surface area contributed by atoms with Crippen molar-refractivity contribution in [2.75, 3.05) is 30.5 Å². The van der Waals surface area contributed by atoms with Crippen molar-refractivity contribution in [3.63, 3.8) is 0 Å². The lowest BCUT2D eigenvalue weighted by molar-refractivity contribution is 0.298. The monoisotopic (exact) mass is 483 g/mol. The highest BCUT2D eigenvalue weighted by Crippen LogP contribution is 2.39. The number of halogens is 1. The number of hydrogen-bond acceptors (Lipinski definition) is 2. The number of nitrogens with zero attached hydrogens (tertiary/aromatic N) is 1. The molecule has 0 unspecified atom stereocenters. The van der Waals surface area contributed by atoms with Gasteiger partial charge >= 0.3 is 0 Å². The lowest BCUT2D eigenvalue weighted by Gasteiger charge is -2.20. The molecular formula is C31H30ClNS. The van der Waals surface area contributed by atoms with Crippen molar-refractivity contribution in [2.24, 2.45) is 0 Å². The molecule has 0 radical (unpaired) electrons. The minimum atomic E-state index is 0.733. The van der Waals surface area contributed by atoms with Gasteiger partial charge in [-0.3, -0.25) is 4.90 Å². The van der Waals surface area contributed by atoms with Gasteiger partial charge in [-0.15, -0.1) is 11.6 Å². The molecule has 0 N–H and O–H groups in total. The lowest BCUT2D eigenvalue weighted by atomic mass is 9.89. The summed E-state index contributed by atoms with van der Waals surface area (Å²) in [5, 5.41) is 7.84. The summed E-state index contributed by atoms with van der Waals surface area (Å²) in [5.74, 6) is 2.90. The smallest absolute Gasteiger partial charge is 0.0314 e. The third-order valence-corrected chi connectivity index (χ3v) is 8.02. The van der Waals surface area contributed by atoms with Crippen molar-refractivity contribution < 1.29 is 0 Å². The van der Waals surface area contributed by atoms with E-state index in [0.29, 0.717) is 0 Å². The van der Waals surface area contributed by atoms with Gasteiger partial charge in [0.25, 0.3) is 0 Å². The Labute approximate surface area is 211 Å². The summed E-state index contributed by atoms with van der Waals surface area (Å²) in [6.07, 6.45) is 0. The van der Waals surface area contributed by atoms with Crippen molar-refractivity contribution in [2.45, 2.75) is 13.5 Å². The van der Waals surface area contributed by atoms with Crippen LogP contribution in [0, 0.1) is 0 Å². The maximum atomic E-state index is 5.81. The molecule has 0 saturated carbocycles. The first-order valence-corrected chi connectivity index (χ1v) is 13.8. The molecule has 3 heteroatoms. The van der Waals surface area contributed by atoms with E-state index in [1.165, 1.54) is 49.0 Å². The zero-order valence-electron chi connectivity index (χ0n) is 19.6. The van der Waals surface area contributed by atoms with Crippen LogP contribution in [0.25, 0.3) is 43.4 Å². The molecule has 5 rings (SSSR count). The normalized spacial score (nSPS) is 11.7. The minimum absolute atomic E-state index is 0.733. The molecule has 0 spiro atoms. The molecule has 0 fully saturated rings. The van der Waals surface area contributed by atoms with Gasteiger partial charge in [-0.05, 0) is 61.6 Å². The summed E-state index contributed by atoms with van der Waals surface area (Å²) >= 11 is 7.75. The summed E-state index contributed by atoms with van der Waals surface area (Å²) in [7, 11) is 0. The zero-order chi connectivity index (χ0) is 23.3. The summed E-state index contributed by atoms with van der Waals surface area (Å²) in [6.45, 7) is 5.39. The Morgan fingerprint density at radius 2 is 1.44 bits per heavy atom. The van der Waals surface area contributed by atoms with E-state index in [2.05, 4.69) is 103 Å². The molecule has 0 aliphatic carbocycles. The topological polar surface area (TPSA) is 3.24 Å². The van der Waals surface area contributed by atoms with Gasteiger partial charge in [0.15, 0.2) is 0 Å². The van der Waals surface area contributed by atoms with Crippen LogP contribution in [0.5, 0.6) is 0 Å². The van der Waals surface area contributed by atoms with Crippen LogP contribution in [0.4, 0.5) is 0 Å². The van der Waals surface area contributed by atoms with E-state index in [-0.39, 0.29) is 0 Å². The van der Waals surface area contributed by atoms with E-state index in [0.717, 1.165) is 37.0 Å². The first kappa shape index (κ1) is 23.2. The Hall–Kier alpha value is -2.52. The molecule has 0 heterocycles. The second-order valence-corrected chi connectivity index (χ2v) is 10.3. The Morgan fingerprint density at radius 3 is 2.21 bits per heavy atom. The third kappa shape index (κ3) is 4.81. The van der Waals surface area contributed by atoms with E-state index in [1.807, 2.05) is 11.8 Å². The van der Waals surface area contributed by atoms with Crippen LogP contribution in [0.1, 0.15) is 12.5 Å². The van der Waals surface area contributed by atoms with Crippen molar-refractivity contribution in [3.05, 3.63) is 96.6 Å². The summed E-state index contributed by atoms with van der Waals surface area (Å²) < 4.78 is 0. The van der Waals surface area contributed by atoms with Gasteiger partial charge < -0.3 is 0 Å². The quantitative estimate of drug-likeness (QED) is 0.0893. The fourth-order valence-corrected chi connectivity index (χ4v) is 5.89. The lowest BCUT2D eigenvalue weighted by Crippen LogP contribution is -2.25. The average molecular weight is 484 g/mol. The Kier molecular flexibility index (Phi) is 7.39. The van der Waals surface area contributed by atoms with E-state index in [1.54, 1.807) is 0 Å². The van der Waals surface area contributed by atoms with Gasteiger partial charge in [-0.25, -0.2) is 0 Å². The molecule has 0 atom stereocenters. The summed E-state index contributed by atoms with van der Waals surface area (Å²) in [6, 6.07) is 33.6. The Balaban J connectivity index is 1.52. The van der Waals surface area contributed by atoms with Crippen LogP contribution < -0.4 is 0 Å². The number of rotatable bonds is 9. The highest BCUT2D eigenvalue weighted by molar-refractivity contribution is 7.99. The van der Waals surface area contributed by atoms with Gasteiger partial charge in [0.2, 0.25) is 0 Å². The van der Waals surface area contributed by atoms with Crippen molar-refractivity contribution in [3.8, 4) is 11.1 Å². The molecule has 0 aromatic heterocycles. The second-order valence-electron chi connectivity index (χ2n) is 8.72. The number of thioether (sulfide) groups is 1. The predicted molar refractivity (Wildman–Crippen MR) is 153 cm³/mol. The maximum Gasteiger partial charge on any atom is 0.0314 e. The van der Waals surface area contributed by atoms with Gasteiger partial charge in [0.1, 0.15) is 0 Å². The number of hydrogen-bond donors (Lipinski definition) is 0. The van der Waals surface area contributed by atoms with Crippen LogP contribution in [-0.2, 0) is 6.54 Å². The number of benzene rings is 5. The Morgan fingerprint density at radius 1 is 0.706 bits per heavy atom. The SMILES string of the molecule is CCN(CCSCCCl)Cc1ccc(-c2c3ccccc3cc3c2ccc2ccccc23)cc1. The molecule has 0 saturated heterocycles. The summed E-state index contributed by atoms with van der Waals surface area (Å²) in [4.78, 5) is 2.51. The highest BCUT2D eigenvalue weighted by atomic mass is 35.5. The average Bonchev–Trinajstić information content (AvgIpc) is 2.89. The predicted octanol–water partition coefficient (Wildman–Crippen LogP) is 8.61. The second kappa shape index (κ2) is 10.8. The van der Waals surface area contributed by atoms with Crippen LogP contribution in [-0.4, -0.2) is 35.4 Å². The molecule has 0 bridgehead atoms. The minimum Gasteiger partial charge on any atom is -0.299 e. The molecule has 5 aromatic carbocycles. The van der Waals surface area contributed by atoms with E-state index >= 15 is 0 Å². The largest absolute Gasteiger partial charge is 0.299 e. The van der Waals surface area contributed by atoms with Gasteiger partial charge in [0.05, 0.1) is 0 Å². The third-order valence-electron chi connectivity index (χ3n) is 6.64. The van der Waals surface area contributed by atoms with E-state index in [4.69, 9.17) is 11.6 Å². The van der Waals surface area contributed by atoms with E-state index in [9.17, 15) is 0 Å². The van der Waals surface area contributed by atoms with Crippen LogP contribution in [0.15, 0.2) is 91.0 Å². The molecule has 5 aromatic rings. The number of alkyl halides is 1. The number of fused-ring (bicyclic) bond motifs is 4. The van der Waals surface area contributed by atoms with Crippen molar-refractivity contribution >= 4 is 55.7 Å². The first-order chi connectivity index (χ1) is 16.8. The fraction of sp³-hybridized carbons (Fsp3) is 0.226. The van der Waals surface area contributed by atoms with Gasteiger partial charge in [-0.2, -0.15) is 11.8 Å². The summed E-state index contributed by atoms with van der Waals surface area (Å²) in [5.41, 5.74) is 3.97. The molecular weight excluding hydrogens is 454 g/mol. The highest BCUT2D eigenvalue weighted by Gasteiger charge is 2.12. The molecule has 0 aliphatic heterocycles. The maximum absolute atomic E-state index is 5.81. The van der Waals surface area contributed by atoms with Gasteiger partial charge in [0, 0.05) is 30.5 Å². The molecule has 0 amide bonds. The van der Waals surface area contributed by atoms with Crippen LogP contribution in [0.3, 0.4) is 0 Å². The Bertz CT molecular complexity index is 1410. The van der Waals surface area contributed by atoms with E-state index < -0.39 is 0 Å². The van der Waals surface area contributed by atoms with Crippen molar-refractivity contribution in [1.29, 1.82) is 0 Å². The molecule has 34 heavy (non-hydrogen) atoms. The standard InChI is InChI=1S/C31H30ClNS/c1-2-33(18-20-34-19-17-32)22-23-11-13-25(14-12-23)31-28-10-6-4-8-26(28)21-30-27-9-5-3-7-24(27)15-16-29(30)31/h3-16,21H,2,17-20,22H2,1H3.